The Labute approximate surface area is 88.8 Å². The summed E-state index contributed by atoms with van der Waals surface area (Å²) in [5, 5.41) is 17.3. The molecule has 0 fully saturated rings. The summed E-state index contributed by atoms with van der Waals surface area (Å²) >= 11 is 0. The molecule has 0 saturated carbocycles. The van der Waals surface area contributed by atoms with E-state index in [0.717, 1.165) is 0 Å². The zero-order chi connectivity index (χ0) is 11.7. The van der Waals surface area contributed by atoms with E-state index in [1.165, 1.54) is 18.2 Å². The van der Waals surface area contributed by atoms with Crippen LogP contribution in [0.4, 0.5) is 0 Å². The van der Waals surface area contributed by atoms with Gasteiger partial charge in [-0.1, -0.05) is 0 Å². The minimum Gasteiger partial charge on any atom is -0.476 e. The summed E-state index contributed by atoms with van der Waals surface area (Å²) in [4.78, 5) is 28.0. The molecule has 0 bridgehead atoms. The first-order valence-electron chi connectivity index (χ1n) is 4.29. The predicted molar refractivity (Wildman–Crippen MR) is 54.0 cm³/mol. The van der Waals surface area contributed by atoms with Crippen molar-refractivity contribution in [3.05, 3.63) is 39.8 Å². The number of hydrogen-bond donors (Lipinski definition) is 2. The fourth-order valence-corrected chi connectivity index (χ4v) is 1.30. The van der Waals surface area contributed by atoms with Gasteiger partial charge in [0.1, 0.15) is 0 Å². The van der Waals surface area contributed by atoms with Gasteiger partial charge in [0.2, 0.25) is 5.69 Å². The molecule has 2 aromatic rings. The Hall–Kier alpha value is -2.68. The lowest BCUT2D eigenvalue weighted by atomic mass is 10.2. The molecule has 0 aliphatic heterocycles. The first kappa shape index (κ1) is 9.86. The lowest BCUT2D eigenvalue weighted by Crippen LogP contribution is -2.19. The van der Waals surface area contributed by atoms with Crippen LogP contribution in [-0.2, 0) is 0 Å². The summed E-state index contributed by atoms with van der Waals surface area (Å²) in [6.07, 6.45) is 0. The fourth-order valence-electron chi connectivity index (χ4n) is 1.30. The monoisotopic (exact) mass is 215 g/mol. The Balaban J connectivity index is 2.80. The lowest BCUT2D eigenvalue weighted by Gasteiger charge is -1.98. The minimum atomic E-state index is -1.38. The number of carbonyl (C=O) groups is 1. The van der Waals surface area contributed by atoms with Gasteiger partial charge in [-0.3, -0.25) is 4.79 Å². The van der Waals surface area contributed by atoms with Crippen LogP contribution in [0, 0.1) is 11.3 Å². The average molecular weight is 215 g/mol. The van der Waals surface area contributed by atoms with Crippen LogP contribution in [0.2, 0.25) is 0 Å². The molecule has 0 atom stereocenters. The minimum absolute atomic E-state index is 0.330. The van der Waals surface area contributed by atoms with Crippen LogP contribution in [0.3, 0.4) is 0 Å². The fraction of sp³-hybridized carbons (Fsp3) is 0. The van der Waals surface area contributed by atoms with Crippen molar-refractivity contribution in [1.82, 2.24) is 9.97 Å². The number of aromatic nitrogens is 2. The molecule has 16 heavy (non-hydrogen) atoms. The summed E-state index contributed by atoms with van der Waals surface area (Å²) in [5.74, 6) is -1.38. The van der Waals surface area contributed by atoms with Crippen molar-refractivity contribution >= 4 is 17.0 Å². The Morgan fingerprint density at radius 3 is 2.88 bits per heavy atom. The van der Waals surface area contributed by atoms with Crippen LogP contribution >= 0.6 is 0 Å². The third-order valence-electron chi connectivity index (χ3n) is 2.02. The largest absolute Gasteiger partial charge is 0.476 e. The number of nitriles is 1. The molecule has 2 N–H and O–H groups in total. The van der Waals surface area contributed by atoms with Crippen molar-refractivity contribution in [3.63, 3.8) is 0 Å². The van der Waals surface area contributed by atoms with Gasteiger partial charge in [-0.25, -0.2) is 9.78 Å². The van der Waals surface area contributed by atoms with E-state index in [4.69, 9.17) is 10.4 Å². The highest BCUT2D eigenvalue weighted by molar-refractivity contribution is 5.88. The predicted octanol–water partition coefficient (Wildman–Crippen LogP) is 0.493. The Morgan fingerprint density at radius 1 is 1.50 bits per heavy atom. The number of aromatic carboxylic acids is 1. The number of H-pyrrole nitrogens is 1. The van der Waals surface area contributed by atoms with Crippen molar-refractivity contribution in [2.45, 2.75) is 0 Å². The molecule has 6 nitrogen and oxygen atoms in total. The van der Waals surface area contributed by atoms with E-state index >= 15 is 0 Å². The molecule has 0 amide bonds. The summed E-state index contributed by atoms with van der Waals surface area (Å²) in [7, 11) is 0. The smallest absolute Gasteiger partial charge is 0.360 e. The summed E-state index contributed by atoms with van der Waals surface area (Å²) in [6.45, 7) is 0. The SMILES string of the molecule is N#Cc1ccc2nc(C(=O)O)c(=O)[nH]c2c1. The standard InChI is InChI=1S/C10H5N3O3/c11-4-5-1-2-6-7(3-5)13-9(14)8(12-6)10(15)16/h1-3H,(H,13,14)(H,15,16). The second-order valence-electron chi connectivity index (χ2n) is 3.06. The zero-order valence-corrected chi connectivity index (χ0v) is 7.89. The van der Waals surface area contributed by atoms with E-state index in [0.29, 0.717) is 16.6 Å². The number of aromatic amines is 1. The third-order valence-corrected chi connectivity index (χ3v) is 2.02. The number of benzene rings is 1. The first-order valence-corrected chi connectivity index (χ1v) is 4.29. The normalized spacial score (nSPS) is 9.94. The Kier molecular flexibility index (Phi) is 2.14. The highest BCUT2D eigenvalue weighted by Crippen LogP contribution is 2.09. The number of nitrogens with one attached hydrogen (secondary N) is 1. The van der Waals surface area contributed by atoms with Crippen molar-refractivity contribution in [1.29, 1.82) is 5.26 Å². The topological polar surface area (TPSA) is 107 Å². The van der Waals surface area contributed by atoms with Gasteiger partial charge in [0, 0.05) is 0 Å². The van der Waals surface area contributed by atoms with Crippen LogP contribution in [0.1, 0.15) is 16.1 Å². The van der Waals surface area contributed by atoms with Crippen molar-refractivity contribution in [2.24, 2.45) is 0 Å². The van der Waals surface area contributed by atoms with Crippen molar-refractivity contribution in [2.75, 3.05) is 0 Å². The second-order valence-corrected chi connectivity index (χ2v) is 3.06. The summed E-state index contributed by atoms with van der Waals surface area (Å²) < 4.78 is 0. The summed E-state index contributed by atoms with van der Waals surface area (Å²) in [5.41, 5.74) is -0.301. The van der Waals surface area contributed by atoms with Crippen LogP contribution in [0.15, 0.2) is 23.0 Å². The van der Waals surface area contributed by atoms with Crippen molar-refractivity contribution in [3.8, 4) is 6.07 Å². The van der Waals surface area contributed by atoms with E-state index in [1.54, 1.807) is 0 Å². The molecule has 0 spiro atoms. The van der Waals surface area contributed by atoms with E-state index in [2.05, 4.69) is 9.97 Å². The molecular weight excluding hydrogens is 210 g/mol. The first-order chi connectivity index (χ1) is 7.61. The van der Waals surface area contributed by atoms with Gasteiger partial charge in [0.05, 0.1) is 22.7 Å². The van der Waals surface area contributed by atoms with E-state index in [9.17, 15) is 9.59 Å². The Morgan fingerprint density at radius 2 is 2.25 bits per heavy atom. The molecule has 0 aliphatic carbocycles. The highest BCUT2D eigenvalue weighted by atomic mass is 16.4. The molecule has 78 valence electrons. The van der Waals surface area contributed by atoms with Gasteiger partial charge in [0.15, 0.2) is 0 Å². The molecule has 0 saturated heterocycles. The van der Waals surface area contributed by atoms with Crippen LogP contribution in [0.5, 0.6) is 0 Å². The van der Waals surface area contributed by atoms with Crippen LogP contribution in [-0.4, -0.2) is 21.0 Å². The molecule has 0 unspecified atom stereocenters. The number of carboxylic acids is 1. The van der Waals surface area contributed by atoms with Gasteiger partial charge in [-0.05, 0) is 18.2 Å². The van der Waals surface area contributed by atoms with Crippen LogP contribution in [0.25, 0.3) is 11.0 Å². The van der Waals surface area contributed by atoms with Crippen molar-refractivity contribution < 1.29 is 9.90 Å². The average Bonchev–Trinajstić information content (AvgIpc) is 2.27. The zero-order valence-electron chi connectivity index (χ0n) is 7.89. The summed E-state index contributed by atoms with van der Waals surface area (Å²) in [6, 6.07) is 6.33. The maximum atomic E-state index is 11.3. The highest BCUT2D eigenvalue weighted by Gasteiger charge is 2.11. The number of rotatable bonds is 1. The quantitative estimate of drug-likeness (QED) is 0.719. The van der Waals surface area contributed by atoms with E-state index in [1.807, 2.05) is 6.07 Å². The maximum Gasteiger partial charge on any atom is 0.360 e. The van der Waals surface area contributed by atoms with Gasteiger partial charge in [-0.2, -0.15) is 5.26 Å². The number of carboxylic acid groups (broad SMARTS) is 1. The van der Waals surface area contributed by atoms with Gasteiger partial charge in [0.25, 0.3) is 5.56 Å². The molecule has 0 aliphatic rings. The lowest BCUT2D eigenvalue weighted by molar-refractivity contribution is 0.0689. The van der Waals surface area contributed by atoms with E-state index < -0.39 is 17.2 Å². The molecule has 2 rings (SSSR count). The van der Waals surface area contributed by atoms with Crippen LogP contribution < -0.4 is 5.56 Å². The molecular formula is C10H5N3O3. The maximum absolute atomic E-state index is 11.3. The van der Waals surface area contributed by atoms with Gasteiger partial charge in [-0.15, -0.1) is 0 Å². The molecule has 6 heteroatoms. The number of hydrogen-bond acceptors (Lipinski definition) is 4. The van der Waals surface area contributed by atoms with Gasteiger partial charge >= 0.3 is 5.97 Å². The molecule has 0 radical (unpaired) electrons. The molecule has 1 heterocycles. The molecule has 1 aromatic heterocycles. The second kappa shape index (κ2) is 3.47. The van der Waals surface area contributed by atoms with E-state index in [-0.39, 0.29) is 0 Å². The van der Waals surface area contributed by atoms with Gasteiger partial charge < -0.3 is 10.1 Å². The Bertz CT molecular complexity index is 682. The third kappa shape index (κ3) is 1.50. The number of nitrogens with zero attached hydrogens (tertiary/aromatic N) is 2. The number of fused-ring (bicyclic) bond motifs is 1. The molecule has 1 aromatic carbocycles.